The lowest BCUT2D eigenvalue weighted by Crippen LogP contribution is -2.17. The van der Waals surface area contributed by atoms with Gasteiger partial charge in [-0.1, -0.05) is 0 Å². The van der Waals surface area contributed by atoms with E-state index in [0.717, 1.165) is 18.1 Å². The van der Waals surface area contributed by atoms with Crippen LogP contribution in [0.25, 0.3) is 0 Å². The number of nitrogens with zero attached hydrogens (tertiary/aromatic N) is 2. The molecule has 1 N–H and O–H groups in total. The van der Waals surface area contributed by atoms with E-state index in [0.29, 0.717) is 22.6 Å². The number of benzene rings is 3. The normalized spacial score (nSPS) is 11.1. The maximum Gasteiger partial charge on any atom is 0.410 e. The topological polar surface area (TPSA) is 88.4 Å². The first-order chi connectivity index (χ1) is 14.9. The van der Waals surface area contributed by atoms with E-state index in [-0.39, 0.29) is 5.75 Å². The number of hydrazone groups is 1. The highest BCUT2D eigenvalue weighted by atomic mass is 32.5. The Bertz CT molecular complexity index is 1060. The number of phenolic OH excluding ortho intramolecular Hbond substituents is 1. The summed E-state index contributed by atoms with van der Waals surface area (Å²) in [4.78, 5) is 21.8. The molecule has 0 saturated heterocycles. The highest BCUT2D eigenvalue weighted by Crippen LogP contribution is 2.51. The molecule has 3 aromatic rings. The second-order valence-corrected chi connectivity index (χ2v) is 9.62. The van der Waals surface area contributed by atoms with Gasteiger partial charge in [-0.25, -0.2) is 4.78 Å². The summed E-state index contributed by atoms with van der Waals surface area (Å²) < 4.78 is 13.5. The standard InChI is InChI=1S/C22H19N2O5PS/c1-24(23-14-17-2-8-20(27)9-3-17)30(31,28-21-10-4-18(15-25)5-11-21)29-22-12-6-19(16-26)7-13-22/h2-16,27H,1H3/b23-14+. The lowest BCUT2D eigenvalue weighted by Gasteiger charge is -2.29. The summed E-state index contributed by atoms with van der Waals surface area (Å²) in [6, 6.07) is 19.5. The number of aromatic hydroxyl groups is 1. The van der Waals surface area contributed by atoms with Crippen molar-refractivity contribution >= 4 is 37.2 Å². The fourth-order valence-electron chi connectivity index (χ4n) is 2.39. The quantitative estimate of drug-likeness (QED) is 0.218. The molecule has 0 amide bonds. The number of carbonyl (C=O) groups excluding carboxylic acids is 2. The molecule has 7 nitrogen and oxygen atoms in total. The van der Waals surface area contributed by atoms with E-state index in [1.54, 1.807) is 86.1 Å². The monoisotopic (exact) mass is 454 g/mol. The van der Waals surface area contributed by atoms with Crippen molar-refractivity contribution in [1.29, 1.82) is 0 Å². The third-order valence-electron chi connectivity index (χ3n) is 4.10. The Morgan fingerprint density at radius 1 is 0.806 bits per heavy atom. The summed E-state index contributed by atoms with van der Waals surface area (Å²) in [5.74, 6) is 0.995. The molecule has 0 saturated carbocycles. The maximum atomic E-state index is 10.9. The van der Waals surface area contributed by atoms with Crippen LogP contribution in [0.15, 0.2) is 77.9 Å². The van der Waals surface area contributed by atoms with Gasteiger partial charge < -0.3 is 14.2 Å². The minimum atomic E-state index is -3.21. The van der Waals surface area contributed by atoms with E-state index in [2.05, 4.69) is 5.10 Å². The van der Waals surface area contributed by atoms with Crippen molar-refractivity contribution in [3.63, 3.8) is 0 Å². The molecule has 0 radical (unpaired) electrons. The van der Waals surface area contributed by atoms with Gasteiger partial charge in [-0.2, -0.15) is 5.10 Å². The molecular formula is C22H19N2O5PS. The third kappa shape index (κ3) is 6.01. The second kappa shape index (κ2) is 10.0. The number of hydrogen-bond donors (Lipinski definition) is 1. The molecule has 31 heavy (non-hydrogen) atoms. The summed E-state index contributed by atoms with van der Waals surface area (Å²) in [5, 5.41) is 13.8. The molecule has 0 atom stereocenters. The largest absolute Gasteiger partial charge is 0.508 e. The molecule has 9 heteroatoms. The second-order valence-electron chi connectivity index (χ2n) is 6.35. The van der Waals surface area contributed by atoms with E-state index >= 15 is 0 Å². The fourth-order valence-corrected chi connectivity index (χ4v) is 4.26. The summed E-state index contributed by atoms with van der Waals surface area (Å²) in [6.07, 6.45) is 3.04. The van der Waals surface area contributed by atoms with Crippen molar-refractivity contribution in [1.82, 2.24) is 4.78 Å². The lowest BCUT2D eigenvalue weighted by molar-refractivity contribution is 0.111. The van der Waals surface area contributed by atoms with Gasteiger partial charge in [0.2, 0.25) is 0 Å². The smallest absolute Gasteiger partial charge is 0.410 e. The van der Waals surface area contributed by atoms with Crippen LogP contribution in [0.4, 0.5) is 0 Å². The zero-order chi connectivity index (χ0) is 22.3. The van der Waals surface area contributed by atoms with Crippen molar-refractivity contribution in [3.05, 3.63) is 89.5 Å². The highest BCUT2D eigenvalue weighted by molar-refractivity contribution is 8.09. The van der Waals surface area contributed by atoms with Crippen molar-refractivity contribution in [2.45, 2.75) is 0 Å². The Balaban J connectivity index is 1.88. The first-order valence-corrected chi connectivity index (χ1v) is 11.7. The Labute approximate surface area is 184 Å². The predicted molar refractivity (Wildman–Crippen MR) is 123 cm³/mol. The van der Waals surface area contributed by atoms with Gasteiger partial charge in [-0.05, 0) is 78.4 Å². The Morgan fingerprint density at radius 2 is 1.23 bits per heavy atom. The number of phenols is 1. The molecule has 0 fully saturated rings. The molecule has 0 aliphatic heterocycles. The van der Waals surface area contributed by atoms with Gasteiger partial charge in [0, 0.05) is 30.0 Å². The minimum absolute atomic E-state index is 0.153. The summed E-state index contributed by atoms with van der Waals surface area (Å²) in [6.45, 7) is -3.21. The van der Waals surface area contributed by atoms with Crippen molar-refractivity contribution < 1.29 is 23.7 Å². The van der Waals surface area contributed by atoms with Crippen molar-refractivity contribution in [2.75, 3.05) is 7.05 Å². The molecule has 0 spiro atoms. The van der Waals surface area contributed by atoms with E-state index < -0.39 is 6.64 Å². The van der Waals surface area contributed by atoms with Crippen LogP contribution < -0.4 is 9.05 Å². The first kappa shape index (κ1) is 22.2. The fraction of sp³-hybridized carbons (Fsp3) is 0.0455. The molecule has 158 valence electrons. The van der Waals surface area contributed by atoms with Crippen LogP contribution in [0.5, 0.6) is 17.2 Å². The van der Waals surface area contributed by atoms with Crippen LogP contribution in [0, 0.1) is 0 Å². The van der Waals surface area contributed by atoms with E-state index in [4.69, 9.17) is 20.9 Å². The average molecular weight is 454 g/mol. The number of rotatable bonds is 9. The van der Waals surface area contributed by atoms with Crippen LogP contribution in [-0.4, -0.2) is 35.7 Å². The van der Waals surface area contributed by atoms with E-state index in [1.165, 1.54) is 4.78 Å². The van der Waals surface area contributed by atoms with Crippen LogP contribution in [-0.2, 0) is 11.8 Å². The summed E-state index contributed by atoms with van der Waals surface area (Å²) >= 11 is 5.75. The van der Waals surface area contributed by atoms with Gasteiger partial charge in [-0.15, -0.1) is 0 Å². The molecule has 0 heterocycles. The van der Waals surface area contributed by atoms with E-state index in [1.807, 2.05) is 0 Å². The summed E-state index contributed by atoms with van der Waals surface area (Å²) in [5.41, 5.74) is 1.76. The van der Waals surface area contributed by atoms with Gasteiger partial charge in [0.25, 0.3) is 0 Å². The molecule has 0 aromatic heterocycles. The first-order valence-electron chi connectivity index (χ1n) is 9.09. The Hall–Kier alpha value is -3.48. The van der Waals surface area contributed by atoms with E-state index in [9.17, 15) is 14.7 Å². The Kier molecular flexibility index (Phi) is 7.18. The Morgan fingerprint density at radius 3 is 1.65 bits per heavy atom. The van der Waals surface area contributed by atoms with Gasteiger partial charge in [-0.3, -0.25) is 9.59 Å². The molecule has 0 bridgehead atoms. The zero-order valence-electron chi connectivity index (χ0n) is 16.5. The van der Waals surface area contributed by atoms with Crippen molar-refractivity contribution in [2.24, 2.45) is 5.10 Å². The average Bonchev–Trinajstić information content (AvgIpc) is 2.79. The molecule has 3 rings (SSSR count). The molecular weight excluding hydrogens is 435 g/mol. The van der Waals surface area contributed by atoms with Gasteiger partial charge in [0.15, 0.2) is 0 Å². The number of aldehydes is 2. The summed E-state index contributed by atoms with van der Waals surface area (Å²) in [7, 11) is 1.64. The number of hydrogen-bond acceptors (Lipinski definition) is 7. The van der Waals surface area contributed by atoms with Crippen LogP contribution >= 0.6 is 6.64 Å². The van der Waals surface area contributed by atoms with Crippen molar-refractivity contribution in [3.8, 4) is 17.2 Å². The van der Waals surface area contributed by atoms with Crippen LogP contribution in [0.3, 0.4) is 0 Å². The SMILES string of the molecule is CN(/N=C/c1ccc(O)cc1)P(=S)(Oc1ccc(C=O)cc1)Oc1ccc(C=O)cc1. The molecule has 0 unspecified atom stereocenters. The zero-order valence-corrected chi connectivity index (χ0v) is 18.2. The number of carbonyl (C=O) groups is 2. The van der Waals surface area contributed by atoms with Crippen LogP contribution in [0.1, 0.15) is 26.3 Å². The predicted octanol–water partition coefficient (Wildman–Crippen LogP) is 4.67. The minimum Gasteiger partial charge on any atom is -0.508 e. The third-order valence-corrected chi connectivity index (χ3v) is 6.95. The molecule has 3 aromatic carbocycles. The van der Waals surface area contributed by atoms with Gasteiger partial charge in [0.05, 0.1) is 6.21 Å². The van der Waals surface area contributed by atoms with Gasteiger partial charge >= 0.3 is 6.64 Å². The lowest BCUT2D eigenvalue weighted by atomic mass is 10.2. The molecule has 0 aliphatic carbocycles. The highest BCUT2D eigenvalue weighted by Gasteiger charge is 2.28. The maximum absolute atomic E-state index is 10.9. The van der Waals surface area contributed by atoms with Crippen LogP contribution in [0.2, 0.25) is 0 Å². The van der Waals surface area contributed by atoms with Gasteiger partial charge in [0.1, 0.15) is 29.8 Å². The molecule has 0 aliphatic rings.